The highest BCUT2D eigenvalue weighted by Crippen LogP contribution is 2.27. The number of hydrogen-bond acceptors (Lipinski definition) is 3. The molecule has 2 heterocycles. The number of aromatic nitrogens is 1. The molecule has 1 aliphatic heterocycles. The van der Waals surface area contributed by atoms with E-state index in [0.717, 1.165) is 25.2 Å². The zero-order valence-electron chi connectivity index (χ0n) is 10.6. The van der Waals surface area contributed by atoms with Gasteiger partial charge < -0.3 is 10.6 Å². The van der Waals surface area contributed by atoms with Crippen molar-refractivity contribution in [2.24, 2.45) is 0 Å². The smallest absolute Gasteiger partial charge is 0.212 e. The minimum Gasteiger partial charge on any atom is -0.377 e. The maximum atomic E-state index is 12.8. The van der Waals surface area contributed by atoms with Gasteiger partial charge in [-0.05, 0) is 36.2 Å². The lowest BCUT2D eigenvalue weighted by atomic mass is 9.99. The van der Waals surface area contributed by atoms with Gasteiger partial charge in [-0.1, -0.05) is 24.3 Å². The zero-order valence-corrected chi connectivity index (χ0v) is 10.6. The molecular formula is C15H16FN3. The van der Waals surface area contributed by atoms with Crippen molar-refractivity contribution in [1.82, 2.24) is 10.3 Å². The average molecular weight is 257 g/mol. The molecule has 0 amide bonds. The summed E-state index contributed by atoms with van der Waals surface area (Å²) in [5.74, 6) is -0.450. The van der Waals surface area contributed by atoms with Gasteiger partial charge in [-0.3, -0.25) is 0 Å². The summed E-state index contributed by atoms with van der Waals surface area (Å²) in [5, 5.41) is 6.85. The Morgan fingerprint density at radius 3 is 2.95 bits per heavy atom. The van der Waals surface area contributed by atoms with Crippen LogP contribution < -0.4 is 10.6 Å². The third-order valence-corrected chi connectivity index (χ3v) is 3.42. The first kappa shape index (κ1) is 12.1. The van der Waals surface area contributed by atoms with Crippen molar-refractivity contribution in [1.29, 1.82) is 0 Å². The van der Waals surface area contributed by atoms with Crippen LogP contribution in [0.15, 0.2) is 42.6 Å². The maximum Gasteiger partial charge on any atom is 0.212 e. The normalized spacial score (nSPS) is 18.5. The summed E-state index contributed by atoms with van der Waals surface area (Å²) in [6.45, 7) is 1.86. The quantitative estimate of drug-likeness (QED) is 0.812. The highest BCUT2D eigenvalue weighted by molar-refractivity contribution is 5.45. The van der Waals surface area contributed by atoms with Gasteiger partial charge in [-0.15, -0.1) is 0 Å². The van der Waals surface area contributed by atoms with Crippen LogP contribution in [0.2, 0.25) is 0 Å². The third kappa shape index (κ3) is 2.74. The molecule has 2 N–H and O–H groups in total. The van der Waals surface area contributed by atoms with Crippen molar-refractivity contribution in [2.75, 3.05) is 11.9 Å². The van der Waals surface area contributed by atoms with Gasteiger partial charge in [0.25, 0.3) is 0 Å². The number of pyridine rings is 1. The number of halogens is 1. The van der Waals surface area contributed by atoms with Crippen LogP contribution >= 0.6 is 0 Å². The van der Waals surface area contributed by atoms with Gasteiger partial charge in [0.15, 0.2) is 0 Å². The molecule has 98 valence electrons. The molecule has 1 aromatic carbocycles. The number of hydrogen-bond donors (Lipinski definition) is 2. The minimum atomic E-state index is -0.450. The first-order chi connectivity index (χ1) is 9.33. The third-order valence-electron chi connectivity index (χ3n) is 3.42. The molecular weight excluding hydrogens is 241 g/mol. The number of rotatable bonds is 2. The van der Waals surface area contributed by atoms with Crippen LogP contribution in [0.1, 0.15) is 23.6 Å². The first-order valence-electron chi connectivity index (χ1n) is 6.49. The van der Waals surface area contributed by atoms with Crippen LogP contribution in [0, 0.1) is 5.95 Å². The van der Waals surface area contributed by atoms with Gasteiger partial charge in [0.1, 0.15) is 0 Å². The molecule has 1 unspecified atom stereocenters. The van der Waals surface area contributed by atoms with E-state index >= 15 is 0 Å². The van der Waals surface area contributed by atoms with Gasteiger partial charge in [0.05, 0.1) is 17.9 Å². The molecule has 19 heavy (non-hydrogen) atoms. The van der Waals surface area contributed by atoms with E-state index in [2.05, 4.69) is 39.9 Å². The largest absolute Gasteiger partial charge is 0.377 e. The molecule has 0 aliphatic carbocycles. The summed E-state index contributed by atoms with van der Waals surface area (Å²) in [7, 11) is 0. The Hall–Kier alpha value is -1.94. The second-order valence-corrected chi connectivity index (χ2v) is 4.73. The van der Waals surface area contributed by atoms with Crippen molar-refractivity contribution in [3.63, 3.8) is 0 Å². The topological polar surface area (TPSA) is 37.0 Å². The summed E-state index contributed by atoms with van der Waals surface area (Å²) >= 11 is 0. The highest BCUT2D eigenvalue weighted by Gasteiger charge is 2.17. The summed E-state index contributed by atoms with van der Waals surface area (Å²) < 4.78 is 12.8. The average Bonchev–Trinajstić information content (AvgIpc) is 2.64. The molecule has 0 spiro atoms. The van der Waals surface area contributed by atoms with Gasteiger partial charge >= 0.3 is 0 Å². The molecule has 3 nitrogen and oxygen atoms in total. The van der Waals surface area contributed by atoms with E-state index in [1.165, 1.54) is 23.4 Å². The monoisotopic (exact) mass is 257 g/mol. The molecule has 1 aromatic heterocycles. The fourth-order valence-electron chi connectivity index (χ4n) is 2.47. The van der Waals surface area contributed by atoms with E-state index in [9.17, 15) is 4.39 Å². The standard InChI is InChI=1S/C15H16FN3/c16-15-6-5-12(10-18-15)19-14-7-8-17-9-11-3-1-2-4-13(11)14/h1-6,10,14,17,19H,7-9H2. The summed E-state index contributed by atoms with van der Waals surface area (Å²) in [6, 6.07) is 11.7. The van der Waals surface area contributed by atoms with Crippen molar-refractivity contribution in [3.05, 3.63) is 59.7 Å². The summed E-state index contributed by atoms with van der Waals surface area (Å²) in [5.41, 5.74) is 3.47. The van der Waals surface area contributed by atoms with E-state index in [1.54, 1.807) is 6.07 Å². The van der Waals surface area contributed by atoms with E-state index in [1.807, 2.05) is 0 Å². The Kier molecular flexibility index (Phi) is 3.42. The summed E-state index contributed by atoms with van der Waals surface area (Å²) in [6.07, 6.45) is 2.53. The molecule has 0 bridgehead atoms. The molecule has 4 heteroatoms. The molecule has 0 fully saturated rings. The highest BCUT2D eigenvalue weighted by atomic mass is 19.1. The van der Waals surface area contributed by atoms with Gasteiger partial charge in [-0.2, -0.15) is 4.39 Å². The first-order valence-corrected chi connectivity index (χ1v) is 6.49. The molecule has 0 saturated carbocycles. The number of anilines is 1. The second-order valence-electron chi connectivity index (χ2n) is 4.73. The van der Waals surface area contributed by atoms with Crippen LogP contribution in [0.25, 0.3) is 0 Å². The van der Waals surface area contributed by atoms with Gasteiger partial charge in [0, 0.05) is 6.54 Å². The number of benzene rings is 1. The zero-order chi connectivity index (χ0) is 13.1. The fraction of sp³-hybridized carbons (Fsp3) is 0.267. The van der Waals surface area contributed by atoms with E-state index < -0.39 is 5.95 Å². The van der Waals surface area contributed by atoms with Crippen LogP contribution in [0.5, 0.6) is 0 Å². The fourth-order valence-corrected chi connectivity index (χ4v) is 2.47. The van der Waals surface area contributed by atoms with E-state index in [4.69, 9.17) is 0 Å². The summed E-state index contributed by atoms with van der Waals surface area (Å²) in [4.78, 5) is 3.68. The lowest BCUT2D eigenvalue weighted by Gasteiger charge is -2.20. The molecule has 0 radical (unpaired) electrons. The van der Waals surface area contributed by atoms with Crippen molar-refractivity contribution >= 4 is 5.69 Å². The van der Waals surface area contributed by atoms with Gasteiger partial charge in [-0.25, -0.2) is 4.98 Å². The number of fused-ring (bicyclic) bond motifs is 1. The van der Waals surface area contributed by atoms with Crippen molar-refractivity contribution in [3.8, 4) is 0 Å². The molecule has 0 saturated heterocycles. The van der Waals surface area contributed by atoms with Crippen LogP contribution in [-0.4, -0.2) is 11.5 Å². The SMILES string of the molecule is Fc1ccc(NC2CCNCc3ccccc32)cn1. The predicted molar refractivity (Wildman–Crippen MR) is 73.3 cm³/mol. The van der Waals surface area contributed by atoms with E-state index in [0.29, 0.717) is 0 Å². The second kappa shape index (κ2) is 5.36. The van der Waals surface area contributed by atoms with E-state index in [-0.39, 0.29) is 6.04 Å². The lowest BCUT2D eigenvalue weighted by molar-refractivity contribution is 0.583. The number of nitrogens with zero attached hydrogens (tertiary/aromatic N) is 1. The maximum absolute atomic E-state index is 12.8. The van der Waals surface area contributed by atoms with Crippen LogP contribution in [0.4, 0.5) is 10.1 Å². The predicted octanol–water partition coefficient (Wildman–Crippen LogP) is 2.87. The van der Waals surface area contributed by atoms with Gasteiger partial charge in [0.2, 0.25) is 5.95 Å². The van der Waals surface area contributed by atoms with Crippen molar-refractivity contribution in [2.45, 2.75) is 19.0 Å². The Balaban J connectivity index is 1.86. The Bertz CT molecular complexity index is 554. The Labute approximate surface area is 111 Å². The lowest BCUT2D eigenvalue weighted by Crippen LogP contribution is -2.15. The minimum absolute atomic E-state index is 0.235. The molecule has 1 atom stereocenters. The Morgan fingerprint density at radius 2 is 2.11 bits per heavy atom. The Morgan fingerprint density at radius 1 is 1.21 bits per heavy atom. The van der Waals surface area contributed by atoms with Crippen LogP contribution in [-0.2, 0) is 6.54 Å². The number of nitrogens with one attached hydrogen (secondary N) is 2. The van der Waals surface area contributed by atoms with Crippen molar-refractivity contribution < 1.29 is 4.39 Å². The molecule has 2 aromatic rings. The molecule has 3 rings (SSSR count). The van der Waals surface area contributed by atoms with Crippen LogP contribution in [0.3, 0.4) is 0 Å². The molecule has 1 aliphatic rings.